The zero-order chi connectivity index (χ0) is 15.0. The van der Waals surface area contributed by atoms with E-state index in [1.807, 2.05) is 0 Å². The van der Waals surface area contributed by atoms with Crippen LogP contribution in [0.2, 0.25) is 0 Å². The smallest absolute Gasteiger partial charge is 0.329 e. The van der Waals surface area contributed by atoms with Gasteiger partial charge < -0.3 is 15.1 Å². The summed E-state index contributed by atoms with van der Waals surface area (Å²) in [5, 5.41) is 24.0. The summed E-state index contributed by atoms with van der Waals surface area (Å²) >= 11 is 0. The third-order valence-electron chi connectivity index (χ3n) is 1.94. The lowest BCUT2D eigenvalue weighted by Gasteiger charge is -2.15. The average Bonchev–Trinajstić information content (AvgIpc) is 2.32. The zero-order valence-electron chi connectivity index (χ0n) is 11.4. The molecule has 1 atom stereocenters. The number of esters is 1. The second kappa shape index (κ2) is 8.11. The van der Waals surface area contributed by atoms with Gasteiger partial charge in [-0.3, -0.25) is 14.4 Å². The van der Waals surface area contributed by atoms with Gasteiger partial charge in [-0.1, -0.05) is 13.8 Å². The van der Waals surface area contributed by atoms with Crippen molar-refractivity contribution in [1.29, 1.82) is 0 Å². The number of ether oxygens (including phenoxy) is 1. The number of rotatable bonds is 8. The van der Waals surface area contributed by atoms with E-state index in [4.69, 9.17) is 9.84 Å². The SMILES string of the molecule is CCN(CC(=O)O)[N+]([O-])=NOC(C)OC(=O)C(C)C. The Kier molecular flexibility index (Phi) is 7.23. The molecule has 0 aromatic carbocycles. The number of likely N-dealkylation sites (N-methyl/N-ethyl adjacent to an activating group) is 1. The van der Waals surface area contributed by atoms with Gasteiger partial charge in [-0.2, -0.15) is 0 Å². The van der Waals surface area contributed by atoms with E-state index in [2.05, 4.69) is 10.1 Å². The molecule has 0 heterocycles. The summed E-state index contributed by atoms with van der Waals surface area (Å²) in [6, 6.07) is 0. The molecular formula is C10H19N3O6. The second-order valence-corrected chi connectivity index (χ2v) is 3.97. The Morgan fingerprint density at radius 2 is 2.00 bits per heavy atom. The lowest BCUT2D eigenvalue weighted by Crippen LogP contribution is -2.35. The molecule has 0 bridgehead atoms. The molecule has 0 saturated carbocycles. The Balaban J connectivity index is 4.36. The maximum atomic E-state index is 11.4. The van der Waals surface area contributed by atoms with Crippen molar-refractivity contribution in [3.8, 4) is 0 Å². The average molecular weight is 277 g/mol. The van der Waals surface area contributed by atoms with E-state index in [9.17, 15) is 14.8 Å². The minimum absolute atomic E-state index is 0.00777. The maximum Gasteiger partial charge on any atom is 0.329 e. The van der Waals surface area contributed by atoms with Crippen LogP contribution in [0.15, 0.2) is 5.28 Å². The third kappa shape index (κ3) is 7.06. The predicted molar refractivity (Wildman–Crippen MR) is 62.4 cm³/mol. The monoisotopic (exact) mass is 277 g/mol. The van der Waals surface area contributed by atoms with E-state index in [0.717, 1.165) is 5.01 Å². The molecule has 1 unspecified atom stereocenters. The Morgan fingerprint density at radius 3 is 2.42 bits per heavy atom. The fourth-order valence-electron chi connectivity index (χ4n) is 0.929. The van der Waals surface area contributed by atoms with Crippen LogP contribution in [0.5, 0.6) is 0 Å². The van der Waals surface area contributed by atoms with Gasteiger partial charge in [-0.15, -0.1) is 5.01 Å². The molecule has 0 aromatic rings. The summed E-state index contributed by atoms with van der Waals surface area (Å²) in [7, 11) is 0. The zero-order valence-corrected chi connectivity index (χ0v) is 11.4. The highest BCUT2D eigenvalue weighted by molar-refractivity contribution is 5.71. The summed E-state index contributed by atoms with van der Waals surface area (Å²) in [5.74, 6) is -1.98. The molecule has 0 aliphatic carbocycles. The quantitative estimate of drug-likeness (QED) is 0.229. The number of aliphatic carboxylic acids is 1. The Morgan fingerprint density at radius 1 is 1.42 bits per heavy atom. The number of carboxylic acids is 1. The Hall–Kier alpha value is -2.06. The molecule has 0 rings (SSSR count). The van der Waals surface area contributed by atoms with Gasteiger partial charge in [0.15, 0.2) is 6.54 Å². The number of hydrogen-bond donors (Lipinski definition) is 1. The van der Waals surface area contributed by atoms with Gasteiger partial charge in [-0.25, -0.2) is 0 Å². The first kappa shape index (κ1) is 16.9. The summed E-state index contributed by atoms with van der Waals surface area (Å²) in [5.41, 5.74) is 0. The molecule has 0 radical (unpaired) electrons. The number of carbonyl (C=O) groups excluding carboxylic acids is 1. The third-order valence-corrected chi connectivity index (χ3v) is 1.94. The molecule has 9 heteroatoms. The van der Waals surface area contributed by atoms with Crippen LogP contribution in [-0.2, 0) is 19.2 Å². The van der Waals surface area contributed by atoms with Gasteiger partial charge in [0.1, 0.15) is 0 Å². The van der Waals surface area contributed by atoms with Crippen molar-refractivity contribution in [2.45, 2.75) is 34.0 Å². The van der Waals surface area contributed by atoms with Crippen LogP contribution >= 0.6 is 0 Å². The molecular weight excluding hydrogens is 258 g/mol. The molecule has 0 amide bonds. The molecule has 0 spiro atoms. The van der Waals surface area contributed by atoms with E-state index in [0.29, 0.717) is 0 Å². The molecule has 0 fully saturated rings. The largest absolute Gasteiger partial charge is 0.569 e. The first-order valence-electron chi connectivity index (χ1n) is 5.79. The van der Waals surface area contributed by atoms with Crippen molar-refractivity contribution in [2.75, 3.05) is 13.1 Å². The lowest BCUT2D eigenvalue weighted by atomic mass is 10.2. The van der Waals surface area contributed by atoms with E-state index in [1.165, 1.54) is 6.92 Å². The van der Waals surface area contributed by atoms with Crippen molar-refractivity contribution in [3.63, 3.8) is 0 Å². The van der Waals surface area contributed by atoms with E-state index >= 15 is 0 Å². The van der Waals surface area contributed by atoms with Gasteiger partial charge in [0.05, 0.1) is 17.4 Å². The van der Waals surface area contributed by atoms with Crippen LogP contribution < -0.4 is 0 Å². The standard InChI is InChI=1S/C10H19N3O6/c1-5-12(6-9(14)15)13(17)11-19-8(4)18-10(16)7(2)3/h7-8H,5-6H2,1-4H3,(H,14,15). The minimum atomic E-state index is -1.17. The molecule has 0 aliphatic rings. The summed E-state index contributed by atoms with van der Waals surface area (Å²) in [6.45, 7) is 5.92. The van der Waals surface area contributed by atoms with Crippen molar-refractivity contribution >= 4 is 11.9 Å². The van der Waals surface area contributed by atoms with Gasteiger partial charge in [-0.05, 0) is 6.92 Å². The van der Waals surface area contributed by atoms with Crippen molar-refractivity contribution in [3.05, 3.63) is 5.21 Å². The summed E-state index contributed by atoms with van der Waals surface area (Å²) < 4.78 is 4.80. The van der Waals surface area contributed by atoms with Crippen molar-refractivity contribution < 1.29 is 29.2 Å². The molecule has 0 aliphatic heterocycles. The van der Waals surface area contributed by atoms with Crippen LogP contribution in [-0.4, -0.2) is 46.4 Å². The van der Waals surface area contributed by atoms with Gasteiger partial charge >= 0.3 is 11.9 Å². The van der Waals surface area contributed by atoms with Crippen molar-refractivity contribution in [2.24, 2.45) is 11.2 Å². The number of hydrogen-bond acceptors (Lipinski definition) is 6. The van der Waals surface area contributed by atoms with E-state index in [-0.39, 0.29) is 17.4 Å². The predicted octanol–water partition coefficient (Wildman–Crippen LogP) is 0.747. The fraction of sp³-hybridized carbons (Fsp3) is 0.800. The van der Waals surface area contributed by atoms with Crippen LogP contribution in [0.1, 0.15) is 27.7 Å². The maximum absolute atomic E-state index is 11.4. The highest BCUT2D eigenvalue weighted by atomic mass is 16.8. The van der Waals surface area contributed by atoms with E-state index in [1.54, 1.807) is 20.8 Å². The first-order valence-corrected chi connectivity index (χ1v) is 5.79. The normalized spacial score (nSPS) is 13.0. The Labute approximate surface area is 110 Å². The minimum Gasteiger partial charge on any atom is -0.569 e. The van der Waals surface area contributed by atoms with Crippen LogP contribution in [0.25, 0.3) is 0 Å². The topological polar surface area (TPSA) is 114 Å². The number of hydrazine groups is 1. The van der Waals surface area contributed by atoms with Crippen LogP contribution in [0.4, 0.5) is 0 Å². The highest BCUT2D eigenvalue weighted by Gasteiger charge is 2.17. The Bertz CT molecular complexity index is 344. The molecule has 0 aromatic heterocycles. The number of carboxylic acid groups (broad SMARTS) is 1. The van der Waals surface area contributed by atoms with Crippen molar-refractivity contribution in [1.82, 2.24) is 5.01 Å². The van der Waals surface area contributed by atoms with Gasteiger partial charge in [0, 0.05) is 6.92 Å². The van der Waals surface area contributed by atoms with Crippen LogP contribution in [0.3, 0.4) is 0 Å². The molecule has 110 valence electrons. The van der Waals surface area contributed by atoms with E-state index < -0.39 is 24.8 Å². The highest BCUT2D eigenvalue weighted by Crippen LogP contribution is 2.02. The molecule has 0 saturated heterocycles. The lowest BCUT2D eigenvalue weighted by molar-refractivity contribution is -0.710. The second-order valence-electron chi connectivity index (χ2n) is 3.97. The molecule has 19 heavy (non-hydrogen) atoms. The van der Waals surface area contributed by atoms with Gasteiger partial charge in [0.2, 0.25) is 5.28 Å². The van der Waals surface area contributed by atoms with Crippen LogP contribution in [0, 0.1) is 11.1 Å². The molecule has 9 nitrogen and oxygen atoms in total. The van der Waals surface area contributed by atoms with Gasteiger partial charge in [0.25, 0.3) is 6.29 Å². The number of carbonyl (C=O) groups is 2. The number of nitrogens with zero attached hydrogens (tertiary/aromatic N) is 3. The molecule has 1 N–H and O–H groups in total. The fourth-order valence-corrected chi connectivity index (χ4v) is 0.929. The summed E-state index contributed by atoms with van der Waals surface area (Å²) in [6.07, 6.45) is -1.03. The summed E-state index contributed by atoms with van der Waals surface area (Å²) in [4.78, 5) is 26.3. The first-order chi connectivity index (χ1) is 8.77.